The molecule has 1 aromatic carbocycles. The molecule has 16 heavy (non-hydrogen) atoms. The van der Waals surface area contributed by atoms with Crippen molar-refractivity contribution in [1.29, 1.82) is 0 Å². The van der Waals surface area contributed by atoms with Crippen LogP contribution in [0.25, 0.3) is 0 Å². The first-order valence-corrected chi connectivity index (χ1v) is 5.30. The van der Waals surface area contributed by atoms with Gasteiger partial charge in [-0.15, -0.1) is 0 Å². The lowest BCUT2D eigenvalue weighted by atomic mass is 10.2. The topological polar surface area (TPSA) is 64.3 Å². The number of hydrogen-bond acceptors (Lipinski definition) is 3. The molecule has 0 heterocycles. The second-order valence-electron chi connectivity index (χ2n) is 3.76. The monoisotopic (exact) mass is 222 g/mol. The van der Waals surface area contributed by atoms with Gasteiger partial charge in [0.05, 0.1) is 6.10 Å². The Morgan fingerprint density at radius 2 is 2.31 bits per heavy atom. The highest BCUT2D eigenvalue weighted by Crippen LogP contribution is 2.12. The number of hydrogen-bond donors (Lipinski definition) is 2. The molecule has 1 rings (SSSR count). The van der Waals surface area contributed by atoms with Gasteiger partial charge in [0, 0.05) is 24.9 Å². The van der Waals surface area contributed by atoms with Crippen molar-refractivity contribution in [3.63, 3.8) is 0 Å². The summed E-state index contributed by atoms with van der Waals surface area (Å²) in [7, 11) is 1.64. The van der Waals surface area contributed by atoms with E-state index in [0.29, 0.717) is 18.5 Å². The number of carbonyl (C=O) groups excluding carboxylic acids is 1. The van der Waals surface area contributed by atoms with E-state index >= 15 is 0 Å². The average Bonchev–Trinajstić information content (AvgIpc) is 2.26. The number of amides is 1. The van der Waals surface area contributed by atoms with Crippen LogP contribution >= 0.6 is 0 Å². The maximum Gasteiger partial charge on any atom is 0.224 e. The first-order chi connectivity index (χ1) is 7.61. The number of benzene rings is 1. The number of ether oxygens (including phenoxy) is 1. The van der Waals surface area contributed by atoms with Crippen molar-refractivity contribution in [3.8, 4) is 0 Å². The fourth-order valence-electron chi connectivity index (χ4n) is 1.29. The molecule has 88 valence electrons. The molecule has 0 aromatic heterocycles. The van der Waals surface area contributed by atoms with Crippen LogP contribution in [0.2, 0.25) is 0 Å². The number of rotatable bonds is 5. The van der Waals surface area contributed by atoms with Crippen LogP contribution in [0.5, 0.6) is 0 Å². The quantitative estimate of drug-likeness (QED) is 0.749. The molecule has 0 spiro atoms. The number of nitrogens with one attached hydrogen (secondary N) is 1. The van der Waals surface area contributed by atoms with Gasteiger partial charge >= 0.3 is 0 Å². The molecule has 0 saturated heterocycles. The van der Waals surface area contributed by atoms with Crippen LogP contribution in [0.1, 0.15) is 19.8 Å². The standard InChI is InChI=1S/C12H18N2O2/c1-9(16-2)6-7-12(15)14-11-5-3-4-10(13)8-11/h3-5,8-9H,6-7,13H2,1-2H3,(H,14,15). The minimum atomic E-state index is -0.0190. The normalized spacial score (nSPS) is 12.1. The first kappa shape index (κ1) is 12.5. The van der Waals surface area contributed by atoms with E-state index in [9.17, 15) is 4.79 Å². The zero-order chi connectivity index (χ0) is 12.0. The lowest BCUT2D eigenvalue weighted by Gasteiger charge is -2.09. The Morgan fingerprint density at radius 1 is 1.56 bits per heavy atom. The van der Waals surface area contributed by atoms with Crippen molar-refractivity contribution in [1.82, 2.24) is 0 Å². The van der Waals surface area contributed by atoms with Crippen LogP contribution in [0, 0.1) is 0 Å². The van der Waals surface area contributed by atoms with Crippen molar-refractivity contribution in [2.24, 2.45) is 0 Å². The average molecular weight is 222 g/mol. The summed E-state index contributed by atoms with van der Waals surface area (Å²) in [6.45, 7) is 1.94. The molecule has 1 atom stereocenters. The van der Waals surface area contributed by atoms with E-state index in [1.54, 1.807) is 19.2 Å². The van der Waals surface area contributed by atoms with E-state index in [4.69, 9.17) is 10.5 Å². The van der Waals surface area contributed by atoms with Gasteiger partial charge in [-0.3, -0.25) is 4.79 Å². The van der Waals surface area contributed by atoms with Crippen LogP contribution in [0.3, 0.4) is 0 Å². The van der Waals surface area contributed by atoms with E-state index in [1.807, 2.05) is 19.1 Å². The lowest BCUT2D eigenvalue weighted by molar-refractivity contribution is -0.116. The van der Waals surface area contributed by atoms with Crippen molar-refractivity contribution < 1.29 is 9.53 Å². The summed E-state index contributed by atoms with van der Waals surface area (Å²) >= 11 is 0. The molecule has 0 aliphatic rings. The van der Waals surface area contributed by atoms with Gasteiger partial charge in [-0.25, -0.2) is 0 Å². The van der Waals surface area contributed by atoms with Gasteiger partial charge in [0.15, 0.2) is 0 Å². The van der Waals surface area contributed by atoms with Crippen LogP contribution in [-0.2, 0) is 9.53 Å². The predicted octanol–water partition coefficient (Wildman–Crippen LogP) is 2.02. The number of carbonyl (C=O) groups is 1. The Balaban J connectivity index is 2.40. The third kappa shape index (κ3) is 4.31. The van der Waals surface area contributed by atoms with Gasteiger partial charge in [-0.1, -0.05) is 6.07 Å². The van der Waals surface area contributed by atoms with E-state index in [1.165, 1.54) is 0 Å². The molecule has 4 heteroatoms. The third-order valence-corrected chi connectivity index (χ3v) is 2.35. The van der Waals surface area contributed by atoms with Crippen LogP contribution in [0.4, 0.5) is 11.4 Å². The lowest BCUT2D eigenvalue weighted by Crippen LogP contribution is -2.15. The van der Waals surface area contributed by atoms with Crippen molar-refractivity contribution in [3.05, 3.63) is 24.3 Å². The summed E-state index contributed by atoms with van der Waals surface area (Å²) in [4.78, 5) is 11.5. The number of anilines is 2. The summed E-state index contributed by atoms with van der Waals surface area (Å²) in [6, 6.07) is 7.14. The second-order valence-corrected chi connectivity index (χ2v) is 3.76. The Kier molecular flexibility index (Phi) is 4.79. The molecule has 4 nitrogen and oxygen atoms in total. The Labute approximate surface area is 95.8 Å². The highest BCUT2D eigenvalue weighted by molar-refractivity contribution is 5.91. The van der Waals surface area contributed by atoms with E-state index in [-0.39, 0.29) is 12.0 Å². The molecule has 1 aromatic rings. The van der Waals surface area contributed by atoms with Crippen LogP contribution in [-0.4, -0.2) is 19.1 Å². The zero-order valence-corrected chi connectivity index (χ0v) is 9.69. The van der Waals surface area contributed by atoms with Gasteiger partial charge in [0.1, 0.15) is 0 Å². The van der Waals surface area contributed by atoms with Crippen LogP contribution < -0.4 is 11.1 Å². The molecular formula is C12H18N2O2. The number of methoxy groups -OCH3 is 1. The summed E-state index contributed by atoms with van der Waals surface area (Å²) in [5.74, 6) is -0.0190. The van der Waals surface area contributed by atoms with Crippen molar-refractivity contribution >= 4 is 17.3 Å². The number of nitrogen functional groups attached to an aromatic ring is 1. The zero-order valence-electron chi connectivity index (χ0n) is 9.69. The molecule has 0 fully saturated rings. The first-order valence-electron chi connectivity index (χ1n) is 5.30. The van der Waals surface area contributed by atoms with E-state index in [2.05, 4.69) is 5.32 Å². The molecule has 1 amide bonds. The molecule has 3 N–H and O–H groups in total. The van der Waals surface area contributed by atoms with Crippen molar-refractivity contribution in [2.45, 2.75) is 25.9 Å². The third-order valence-electron chi connectivity index (χ3n) is 2.35. The highest BCUT2D eigenvalue weighted by Gasteiger charge is 2.06. The van der Waals surface area contributed by atoms with Gasteiger partial charge in [-0.05, 0) is 31.5 Å². The summed E-state index contributed by atoms with van der Waals surface area (Å²) in [5.41, 5.74) is 6.98. The smallest absolute Gasteiger partial charge is 0.224 e. The van der Waals surface area contributed by atoms with Gasteiger partial charge in [0.25, 0.3) is 0 Å². The summed E-state index contributed by atoms with van der Waals surface area (Å²) in [6.07, 6.45) is 1.26. The van der Waals surface area contributed by atoms with Crippen LogP contribution in [0.15, 0.2) is 24.3 Å². The summed E-state index contributed by atoms with van der Waals surface area (Å²) in [5, 5.41) is 2.79. The fourth-order valence-corrected chi connectivity index (χ4v) is 1.29. The highest BCUT2D eigenvalue weighted by atomic mass is 16.5. The van der Waals surface area contributed by atoms with Gasteiger partial charge in [0.2, 0.25) is 5.91 Å². The maximum absolute atomic E-state index is 11.5. The molecule has 0 saturated carbocycles. The van der Waals surface area contributed by atoms with Gasteiger partial charge < -0.3 is 15.8 Å². The maximum atomic E-state index is 11.5. The minimum absolute atomic E-state index is 0.0190. The van der Waals surface area contributed by atoms with E-state index in [0.717, 1.165) is 5.69 Å². The molecule has 1 unspecified atom stereocenters. The second kappa shape index (κ2) is 6.12. The van der Waals surface area contributed by atoms with Gasteiger partial charge in [-0.2, -0.15) is 0 Å². The largest absolute Gasteiger partial charge is 0.399 e. The Morgan fingerprint density at radius 3 is 2.94 bits per heavy atom. The molecular weight excluding hydrogens is 204 g/mol. The van der Waals surface area contributed by atoms with Crippen molar-refractivity contribution in [2.75, 3.05) is 18.2 Å². The Bertz CT molecular complexity index is 353. The fraction of sp³-hybridized carbons (Fsp3) is 0.417. The SMILES string of the molecule is COC(C)CCC(=O)Nc1cccc(N)c1. The Hall–Kier alpha value is -1.55. The minimum Gasteiger partial charge on any atom is -0.399 e. The summed E-state index contributed by atoms with van der Waals surface area (Å²) < 4.78 is 5.07. The predicted molar refractivity (Wildman–Crippen MR) is 65.2 cm³/mol. The molecule has 0 aliphatic carbocycles. The molecule has 0 aliphatic heterocycles. The molecule has 0 bridgehead atoms. The molecule has 0 radical (unpaired) electrons. The van der Waals surface area contributed by atoms with E-state index < -0.39 is 0 Å². The number of nitrogens with two attached hydrogens (primary N) is 1.